The molecular weight excluding hydrogens is 312 g/mol. The first-order chi connectivity index (χ1) is 11.2. The molecule has 0 radical (unpaired) electrons. The van der Waals surface area contributed by atoms with Crippen molar-refractivity contribution in [1.82, 2.24) is 9.97 Å². The molecule has 0 amide bonds. The highest BCUT2D eigenvalue weighted by Gasteiger charge is 2.10. The molecule has 0 aliphatic rings. The molecule has 0 atom stereocenters. The normalized spacial score (nSPS) is 10.0. The smallest absolute Gasteiger partial charge is 0.160 e. The number of anilines is 1. The Bertz CT molecular complexity index is 716. The Hall–Kier alpha value is -2.46. The second-order valence-electron chi connectivity index (χ2n) is 4.58. The number of nitriles is 1. The van der Waals surface area contributed by atoms with Crippen molar-refractivity contribution < 1.29 is 9.47 Å². The molecule has 0 unspecified atom stereocenters. The van der Waals surface area contributed by atoms with E-state index >= 15 is 0 Å². The lowest BCUT2D eigenvalue weighted by Gasteiger charge is -2.11. The maximum atomic E-state index is 9.26. The Balaban J connectivity index is 2.05. The number of hydrogen-bond donors (Lipinski definition) is 1. The Morgan fingerprint density at radius 2 is 2.00 bits per heavy atom. The first-order valence-corrected chi connectivity index (χ1v) is 8.19. The van der Waals surface area contributed by atoms with Gasteiger partial charge >= 0.3 is 0 Å². The molecule has 1 aromatic carbocycles. The van der Waals surface area contributed by atoms with Gasteiger partial charge in [0.1, 0.15) is 28.8 Å². The molecule has 0 bridgehead atoms. The number of hydrogen-bond acceptors (Lipinski definition) is 7. The van der Waals surface area contributed by atoms with Crippen molar-refractivity contribution in [2.45, 2.75) is 11.4 Å². The van der Waals surface area contributed by atoms with Gasteiger partial charge in [0.15, 0.2) is 11.5 Å². The summed E-state index contributed by atoms with van der Waals surface area (Å²) in [5.74, 6) is 1.97. The molecule has 2 aromatic rings. The topological polar surface area (TPSA) is 80.1 Å². The zero-order valence-corrected chi connectivity index (χ0v) is 14.1. The minimum Gasteiger partial charge on any atom is -0.493 e. The van der Waals surface area contributed by atoms with Gasteiger partial charge < -0.3 is 14.8 Å². The summed E-state index contributed by atoms with van der Waals surface area (Å²) in [7, 11) is 3.23. The highest BCUT2D eigenvalue weighted by atomic mass is 32.2. The van der Waals surface area contributed by atoms with Crippen LogP contribution in [0.5, 0.6) is 11.5 Å². The first-order valence-electron chi connectivity index (χ1n) is 6.97. The van der Waals surface area contributed by atoms with Gasteiger partial charge in [-0.3, -0.25) is 0 Å². The van der Waals surface area contributed by atoms with Crippen molar-refractivity contribution in [1.29, 1.82) is 5.26 Å². The second kappa shape index (κ2) is 8.25. The van der Waals surface area contributed by atoms with Crippen LogP contribution in [0.1, 0.15) is 11.1 Å². The van der Waals surface area contributed by atoms with E-state index in [1.165, 1.54) is 18.1 Å². The van der Waals surface area contributed by atoms with Gasteiger partial charge in [-0.1, -0.05) is 6.07 Å². The second-order valence-corrected chi connectivity index (χ2v) is 5.38. The molecule has 7 heteroatoms. The van der Waals surface area contributed by atoms with Gasteiger partial charge in [-0.15, -0.1) is 11.8 Å². The number of benzene rings is 1. The molecule has 23 heavy (non-hydrogen) atoms. The molecule has 0 aliphatic carbocycles. The highest BCUT2D eigenvalue weighted by molar-refractivity contribution is 7.98. The summed E-state index contributed by atoms with van der Waals surface area (Å²) in [4.78, 5) is 8.24. The fraction of sp³-hybridized carbons (Fsp3) is 0.312. The maximum absolute atomic E-state index is 9.26. The van der Waals surface area contributed by atoms with Crippen molar-refractivity contribution in [3.8, 4) is 17.6 Å². The van der Waals surface area contributed by atoms with Crippen LogP contribution in [0.2, 0.25) is 0 Å². The van der Waals surface area contributed by atoms with Crippen LogP contribution < -0.4 is 14.8 Å². The zero-order chi connectivity index (χ0) is 16.7. The van der Waals surface area contributed by atoms with Gasteiger partial charge in [-0.25, -0.2) is 9.97 Å². The standard InChI is InChI=1S/C16H18N4O2S/c1-21-13-5-4-11(8-14(13)22-2)6-7-18-15-12(9-17)16(23-3)20-10-19-15/h4-5,8,10H,6-7H2,1-3H3,(H,18,19,20). The van der Waals surface area contributed by atoms with Gasteiger partial charge in [0.2, 0.25) is 0 Å². The Labute approximate surface area is 139 Å². The fourth-order valence-corrected chi connectivity index (χ4v) is 2.62. The van der Waals surface area contributed by atoms with E-state index < -0.39 is 0 Å². The van der Waals surface area contributed by atoms with Gasteiger partial charge in [-0.05, 0) is 30.4 Å². The molecule has 0 fully saturated rings. The van der Waals surface area contributed by atoms with E-state index in [-0.39, 0.29) is 0 Å². The maximum Gasteiger partial charge on any atom is 0.160 e. The third-order valence-corrected chi connectivity index (χ3v) is 3.97. The lowest BCUT2D eigenvalue weighted by Crippen LogP contribution is -2.09. The molecule has 0 aliphatic heterocycles. The number of ether oxygens (including phenoxy) is 2. The summed E-state index contributed by atoms with van der Waals surface area (Å²) < 4.78 is 10.5. The number of methoxy groups -OCH3 is 2. The summed E-state index contributed by atoms with van der Waals surface area (Å²) in [6.45, 7) is 0.648. The summed E-state index contributed by atoms with van der Waals surface area (Å²) in [6, 6.07) is 7.96. The highest BCUT2D eigenvalue weighted by Crippen LogP contribution is 2.28. The predicted molar refractivity (Wildman–Crippen MR) is 90.3 cm³/mol. The third-order valence-electron chi connectivity index (χ3n) is 3.27. The predicted octanol–water partition coefficient (Wildman–Crippen LogP) is 2.74. The molecule has 1 N–H and O–H groups in total. The number of nitrogens with one attached hydrogen (secondary N) is 1. The SMILES string of the molecule is COc1ccc(CCNc2ncnc(SC)c2C#N)cc1OC. The zero-order valence-electron chi connectivity index (χ0n) is 13.3. The lowest BCUT2D eigenvalue weighted by atomic mass is 10.1. The third kappa shape index (κ3) is 4.05. The quantitative estimate of drug-likeness (QED) is 0.617. The number of aromatic nitrogens is 2. The summed E-state index contributed by atoms with van der Waals surface area (Å²) in [6.07, 6.45) is 4.12. The van der Waals surface area contributed by atoms with Crippen molar-refractivity contribution >= 4 is 17.6 Å². The molecule has 120 valence electrons. The summed E-state index contributed by atoms with van der Waals surface area (Å²) in [5.41, 5.74) is 1.58. The van der Waals surface area contributed by atoms with Crippen molar-refractivity contribution in [3.05, 3.63) is 35.7 Å². The fourth-order valence-electron chi connectivity index (χ4n) is 2.12. The van der Waals surface area contributed by atoms with E-state index in [0.29, 0.717) is 34.5 Å². The molecule has 0 saturated heterocycles. The monoisotopic (exact) mass is 330 g/mol. The van der Waals surface area contributed by atoms with Gasteiger partial charge in [0.05, 0.1) is 14.2 Å². The van der Waals surface area contributed by atoms with Crippen molar-refractivity contribution in [3.63, 3.8) is 0 Å². The van der Waals surface area contributed by atoms with Crippen LogP contribution in [0.4, 0.5) is 5.82 Å². The molecule has 2 rings (SSSR count). The summed E-state index contributed by atoms with van der Waals surface area (Å²) in [5, 5.41) is 13.1. The molecule has 0 saturated carbocycles. The Morgan fingerprint density at radius 3 is 2.65 bits per heavy atom. The largest absolute Gasteiger partial charge is 0.493 e. The first kappa shape index (κ1) is 16.9. The van der Waals surface area contributed by atoms with Crippen molar-refractivity contribution in [2.75, 3.05) is 32.3 Å². The molecular formula is C16H18N4O2S. The van der Waals surface area contributed by atoms with E-state index in [1.54, 1.807) is 14.2 Å². The minimum atomic E-state index is 0.479. The molecule has 1 aromatic heterocycles. The van der Waals surface area contributed by atoms with Crippen LogP contribution in [0, 0.1) is 11.3 Å². The molecule has 0 spiro atoms. The molecule has 6 nitrogen and oxygen atoms in total. The van der Waals surface area contributed by atoms with Crippen LogP contribution in [-0.2, 0) is 6.42 Å². The molecule has 1 heterocycles. The number of rotatable bonds is 7. The average molecular weight is 330 g/mol. The minimum absolute atomic E-state index is 0.479. The van der Waals surface area contributed by atoms with E-state index in [0.717, 1.165) is 12.0 Å². The van der Waals surface area contributed by atoms with E-state index in [2.05, 4.69) is 21.4 Å². The number of nitrogens with zero attached hydrogens (tertiary/aromatic N) is 3. The lowest BCUT2D eigenvalue weighted by molar-refractivity contribution is 0.354. The van der Waals surface area contributed by atoms with Gasteiger partial charge in [0.25, 0.3) is 0 Å². The van der Waals surface area contributed by atoms with Crippen LogP contribution in [0.15, 0.2) is 29.6 Å². The van der Waals surface area contributed by atoms with E-state index in [4.69, 9.17) is 9.47 Å². The van der Waals surface area contributed by atoms with Crippen LogP contribution in [0.3, 0.4) is 0 Å². The van der Waals surface area contributed by atoms with Gasteiger partial charge in [0, 0.05) is 6.54 Å². The Kier molecular flexibility index (Phi) is 6.06. The Morgan fingerprint density at radius 1 is 1.22 bits per heavy atom. The van der Waals surface area contributed by atoms with Crippen molar-refractivity contribution in [2.24, 2.45) is 0 Å². The van der Waals surface area contributed by atoms with Crippen LogP contribution >= 0.6 is 11.8 Å². The van der Waals surface area contributed by atoms with E-state index in [1.807, 2.05) is 24.5 Å². The van der Waals surface area contributed by atoms with Gasteiger partial charge in [-0.2, -0.15) is 5.26 Å². The summed E-state index contributed by atoms with van der Waals surface area (Å²) >= 11 is 1.43. The number of thioether (sulfide) groups is 1. The van der Waals surface area contributed by atoms with E-state index in [9.17, 15) is 5.26 Å². The average Bonchev–Trinajstić information content (AvgIpc) is 2.61. The van der Waals surface area contributed by atoms with Crippen LogP contribution in [-0.4, -0.2) is 37.0 Å². The van der Waals surface area contributed by atoms with Crippen LogP contribution in [0.25, 0.3) is 0 Å².